The van der Waals surface area contributed by atoms with Gasteiger partial charge in [-0.1, -0.05) is 23.7 Å². The fourth-order valence-electron chi connectivity index (χ4n) is 3.11. The van der Waals surface area contributed by atoms with Crippen molar-refractivity contribution < 1.29 is 27.8 Å². The van der Waals surface area contributed by atoms with E-state index >= 15 is 0 Å². The average molecular weight is 467 g/mol. The van der Waals surface area contributed by atoms with Gasteiger partial charge < -0.3 is 9.84 Å². The molecule has 0 spiro atoms. The van der Waals surface area contributed by atoms with Gasteiger partial charge in [0.25, 0.3) is 0 Å². The second kappa shape index (κ2) is 7.90. The van der Waals surface area contributed by atoms with Crippen molar-refractivity contribution in [3.8, 4) is 10.8 Å². The number of carbonyl (C=O) groups is 1. The number of ether oxygens (including phenoxy) is 1. The number of rotatable bonds is 5. The maximum atomic E-state index is 13.0. The summed E-state index contributed by atoms with van der Waals surface area (Å²) in [6.45, 7) is 1.56. The molecule has 2 aromatic heterocycles. The van der Waals surface area contributed by atoms with E-state index < -0.39 is 23.8 Å². The highest BCUT2D eigenvalue weighted by atomic mass is 35.5. The van der Waals surface area contributed by atoms with Crippen molar-refractivity contribution in [3.63, 3.8) is 0 Å². The summed E-state index contributed by atoms with van der Waals surface area (Å²) in [6, 6.07) is 11.4. The van der Waals surface area contributed by atoms with Gasteiger partial charge in [0.1, 0.15) is 23.2 Å². The zero-order valence-electron chi connectivity index (χ0n) is 15.9. The van der Waals surface area contributed by atoms with Crippen molar-refractivity contribution in [1.82, 2.24) is 9.55 Å². The van der Waals surface area contributed by atoms with Gasteiger partial charge in [0.15, 0.2) is 4.88 Å². The molecule has 0 aliphatic rings. The molecule has 0 amide bonds. The van der Waals surface area contributed by atoms with Crippen LogP contribution in [-0.2, 0) is 6.18 Å². The van der Waals surface area contributed by atoms with Crippen LogP contribution in [0.15, 0.2) is 54.9 Å². The molecule has 1 N–H and O–H groups in total. The molecule has 0 aliphatic carbocycles. The van der Waals surface area contributed by atoms with Gasteiger partial charge in [-0.25, -0.2) is 9.78 Å². The topological polar surface area (TPSA) is 64.4 Å². The smallest absolute Gasteiger partial charge is 0.416 e. The number of hydrogen-bond donors (Lipinski definition) is 1. The Morgan fingerprint density at radius 2 is 2.00 bits per heavy atom. The van der Waals surface area contributed by atoms with E-state index in [0.717, 1.165) is 29.0 Å². The molecule has 1 unspecified atom stereocenters. The Bertz CT molecular complexity index is 1280. The molecule has 160 valence electrons. The van der Waals surface area contributed by atoms with E-state index in [0.29, 0.717) is 15.5 Å². The first-order valence-electron chi connectivity index (χ1n) is 8.97. The Labute approximate surface area is 183 Å². The molecule has 2 heterocycles. The summed E-state index contributed by atoms with van der Waals surface area (Å²) in [5, 5.41) is 10.7. The Kier molecular flexibility index (Phi) is 5.40. The molecule has 31 heavy (non-hydrogen) atoms. The number of nitrogens with zero attached hydrogens (tertiary/aromatic N) is 2. The summed E-state index contributed by atoms with van der Waals surface area (Å²) in [5.41, 5.74) is 0.841. The molecule has 0 radical (unpaired) electrons. The lowest BCUT2D eigenvalue weighted by molar-refractivity contribution is -0.137. The predicted octanol–water partition coefficient (Wildman–Crippen LogP) is 6.60. The largest absolute Gasteiger partial charge is 0.484 e. The van der Waals surface area contributed by atoms with E-state index in [1.807, 2.05) is 0 Å². The van der Waals surface area contributed by atoms with Crippen LogP contribution >= 0.6 is 22.9 Å². The van der Waals surface area contributed by atoms with Crippen LogP contribution in [0.4, 0.5) is 13.2 Å². The summed E-state index contributed by atoms with van der Waals surface area (Å²) in [6.07, 6.45) is -3.75. The molecule has 10 heteroatoms. The summed E-state index contributed by atoms with van der Waals surface area (Å²) in [4.78, 5) is 16.0. The van der Waals surface area contributed by atoms with Gasteiger partial charge in [-0.2, -0.15) is 13.2 Å². The lowest BCUT2D eigenvalue weighted by Crippen LogP contribution is -2.09. The number of aromatic carboxylic acids is 1. The molecule has 0 aliphatic heterocycles. The van der Waals surface area contributed by atoms with Gasteiger partial charge >= 0.3 is 12.1 Å². The van der Waals surface area contributed by atoms with Gasteiger partial charge in [-0.15, -0.1) is 11.3 Å². The summed E-state index contributed by atoms with van der Waals surface area (Å²) >= 11 is 6.96. The number of halogens is 4. The molecule has 4 aromatic rings. The van der Waals surface area contributed by atoms with Gasteiger partial charge in [0.2, 0.25) is 0 Å². The Balaban J connectivity index is 1.69. The second-order valence-electron chi connectivity index (χ2n) is 6.71. The minimum Gasteiger partial charge on any atom is -0.484 e. The van der Waals surface area contributed by atoms with Crippen LogP contribution in [0.3, 0.4) is 0 Å². The highest BCUT2D eigenvalue weighted by Crippen LogP contribution is 2.37. The number of fused-ring (bicyclic) bond motifs is 1. The molecule has 0 saturated carbocycles. The molecule has 4 rings (SSSR count). The van der Waals surface area contributed by atoms with Crippen molar-refractivity contribution in [2.45, 2.75) is 19.2 Å². The van der Waals surface area contributed by atoms with Crippen LogP contribution in [0.25, 0.3) is 16.0 Å². The molecule has 0 saturated heterocycles. The zero-order chi connectivity index (χ0) is 22.3. The minimum absolute atomic E-state index is 0.0632. The fourth-order valence-corrected chi connectivity index (χ4v) is 4.19. The molecule has 0 bridgehead atoms. The van der Waals surface area contributed by atoms with Crippen molar-refractivity contribution in [3.05, 3.63) is 75.9 Å². The SMILES string of the molecule is CC(Oc1cc(-n2cnc3cc(Cl)ccc32)sc1C(=O)O)c1cccc(C(F)(F)F)c1. The first-order chi connectivity index (χ1) is 14.6. The summed E-state index contributed by atoms with van der Waals surface area (Å²) < 4.78 is 46.5. The number of alkyl halides is 3. The van der Waals surface area contributed by atoms with Gasteiger partial charge in [-0.05, 0) is 42.8 Å². The van der Waals surface area contributed by atoms with Gasteiger partial charge in [-0.3, -0.25) is 4.57 Å². The van der Waals surface area contributed by atoms with Crippen LogP contribution in [-0.4, -0.2) is 20.6 Å². The average Bonchev–Trinajstić information content (AvgIpc) is 3.31. The van der Waals surface area contributed by atoms with Crippen molar-refractivity contribution in [2.24, 2.45) is 0 Å². The minimum atomic E-state index is -4.48. The first-order valence-corrected chi connectivity index (χ1v) is 10.2. The molecule has 1 atom stereocenters. The van der Waals surface area contributed by atoms with Crippen molar-refractivity contribution in [2.75, 3.05) is 0 Å². The van der Waals surface area contributed by atoms with Crippen LogP contribution in [0.1, 0.15) is 33.8 Å². The van der Waals surface area contributed by atoms with Crippen LogP contribution in [0.2, 0.25) is 5.02 Å². The van der Waals surface area contributed by atoms with Gasteiger partial charge in [0, 0.05) is 11.1 Å². The molecule has 0 fully saturated rings. The number of imidazole rings is 1. The molecule has 2 aromatic carbocycles. The second-order valence-corrected chi connectivity index (χ2v) is 8.18. The highest BCUT2D eigenvalue weighted by Gasteiger charge is 2.31. The van der Waals surface area contributed by atoms with Gasteiger partial charge in [0.05, 0.1) is 16.6 Å². The number of thiophene rings is 1. The van der Waals surface area contributed by atoms with Crippen molar-refractivity contribution >= 4 is 39.9 Å². The van der Waals surface area contributed by atoms with E-state index in [2.05, 4.69) is 4.98 Å². The third-order valence-electron chi connectivity index (χ3n) is 4.61. The Morgan fingerprint density at radius 1 is 1.23 bits per heavy atom. The summed E-state index contributed by atoms with van der Waals surface area (Å²) in [7, 11) is 0. The van der Waals surface area contributed by atoms with Crippen LogP contribution in [0, 0.1) is 0 Å². The molecular weight excluding hydrogens is 453 g/mol. The number of hydrogen-bond acceptors (Lipinski definition) is 4. The number of aromatic nitrogens is 2. The number of carboxylic acids is 1. The summed E-state index contributed by atoms with van der Waals surface area (Å²) in [5.74, 6) is -1.14. The van der Waals surface area contributed by atoms with Crippen molar-refractivity contribution in [1.29, 1.82) is 0 Å². The third kappa shape index (κ3) is 4.24. The zero-order valence-corrected chi connectivity index (χ0v) is 17.4. The fraction of sp³-hybridized carbons (Fsp3) is 0.143. The maximum Gasteiger partial charge on any atom is 0.416 e. The third-order valence-corrected chi connectivity index (χ3v) is 5.95. The highest BCUT2D eigenvalue weighted by molar-refractivity contribution is 7.16. The molecular formula is C21H14ClF3N2O3S. The monoisotopic (exact) mass is 466 g/mol. The maximum absolute atomic E-state index is 13.0. The quantitative estimate of drug-likeness (QED) is 0.360. The van der Waals surface area contributed by atoms with Crippen LogP contribution < -0.4 is 4.74 Å². The number of carboxylic acid groups (broad SMARTS) is 1. The van der Waals surface area contributed by atoms with Crippen LogP contribution in [0.5, 0.6) is 5.75 Å². The van der Waals surface area contributed by atoms with E-state index in [1.165, 1.54) is 18.2 Å². The van der Waals surface area contributed by atoms with E-state index in [-0.39, 0.29) is 16.2 Å². The molecule has 5 nitrogen and oxygen atoms in total. The lowest BCUT2D eigenvalue weighted by atomic mass is 10.1. The normalized spacial score (nSPS) is 12.8. The standard InChI is InChI=1S/C21H14ClF3N2O3S/c1-11(12-3-2-4-13(7-12)21(23,24)25)30-17-9-18(31-19(17)20(28)29)27-10-26-15-8-14(22)5-6-16(15)27/h2-11H,1H3,(H,28,29). The Morgan fingerprint density at radius 3 is 2.71 bits per heavy atom. The van der Waals surface area contributed by atoms with E-state index in [1.54, 1.807) is 36.0 Å². The Hall–Kier alpha value is -3.04. The number of benzene rings is 2. The van der Waals surface area contributed by atoms with E-state index in [4.69, 9.17) is 16.3 Å². The predicted molar refractivity (Wildman–Crippen MR) is 111 cm³/mol. The van der Waals surface area contributed by atoms with E-state index in [9.17, 15) is 23.1 Å². The first kappa shape index (κ1) is 21.2. The lowest BCUT2D eigenvalue weighted by Gasteiger charge is -2.16.